The molecule has 5 heteroatoms. The number of hydrogen-bond acceptors (Lipinski definition) is 3. The number of rotatable bonds is 5. The molecule has 0 amide bonds. The van der Waals surface area contributed by atoms with Crippen LogP contribution in [0.4, 0.5) is 0 Å². The van der Waals surface area contributed by atoms with Crippen molar-refractivity contribution in [3.05, 3.63) is 63.9 Å². The van der Waals surface area contributed by atoms with Crippen LogP contribution in [0.1, 0.15) is 35.3 Å². The van der Waals surface area contributed by atoms with Crippen molar-refractivity contribution in [1.82, 2.24) is 0 Å². The number of aromatic hydroxyl groups is 1. The molecule has 1 aliphatic heterocycles. The SMILES string of the molecule is CC[NH+](CC)Cc1c(O)ccc2c1OC(=Cc1ccccc1Cl)C2=O. The third-order valence-electron chi connectivity index (χ3n) is 4.53. The molecule has 0 aromatic heterocycles. The second-order valence-corrected chi connectivity index (χ2v) is 6.44. The van der Waals surface area contributed by atoms with Crippen LogP contribution in [0.15, 0.2) is 42.2 Å². The van der Waals surface area contributed by atoms with Gasteiger partial charge in [0, 0.05) is 5.02 Å². The van der Waals surface area contributed by atoms with Crippen molar-refractivity contribution in [2.45, 2.75) is 20.4 Å². The highest BCUT2D eigenvalue weighted by Gasteiger charge is 2.32. The lowest BCUT2D eigenvalue weighted by atomic mass is 10.0. The Labute approximate surface area is 152 Å². The van der Waals surface area contributed by atoms with Crippen molar-refractivity contribution in [1.29, 1.82) is 0 Å². The Morgan fingerprint density at radius 3 is 2.56 bits per heavy atom. The lowest BCUT2D eigenvalue weighted by Gasteiger charge is -2.17. The van der Waals surface area contributed by atoms with Gasteiger partial charge in [-0.2, -0.15) is 0 Å². The Morgan fingerprint density at radius 1 is 1.16 bits per heavy atom. The first-order chi connectivity index (χ1) is 12.0. The molecular weight excluding hydrogens is 338 g/mol. The van der Waals surface area contributed by atoms with Crippen LogP contribution >= 0.6 is 11.6 Å². The van der Waals surface area contributed by atoms with Gasteiger partial charge in [0.25, 0.3) is 0 Å². The van der Waals surface area contributed by atoms with Gasteiger partial charge in [-0.1, -0.05) is 29.8 Å². The summed E-state index contributed by atoms with van der Waals surface area (Å²) in [7, 11) is 0. The summed E-state index contributed by atoms with van der Waals surface area (Å²) >= 11 is 6.17. The first kappa shape index (κ1) is 17.5. The lowest BCUT2D eigenvalue weighted by molar-refractivity contribution is -0.910. The van der Waals surface area contributed by atoms with E-state index in [-0.39, 0.29) is 17.3 Å². The fourth-order valence-electron chi connectivity index (χ4n) is 2.95. The third kappa shape index (κ3) is 3.41. The predicted molar refractivity (Wildman–Crippen MR) is 98.2 cm³/mol. The number of ether oxygens (including phenoxy) is 1. The summed E-state index contributed by atoms with van der Waals surface area (Å²) in [6.45, 7) is 6.64. The molecule has 1 aliphatic rings. The van der Waals surface area contributed by atoms with Crippen molar-refractivity contribution < 1.29 is 19.5 Å². The molecule has 0 aliphatic carbocycles. The van der Waals surface area contributed by atoms with Gasteiger partial charge in [0.1, 0.15) is 12.3 Å². The van der Waals surface area contributed by atoms with Gasteiger partial charge in [0.05, 0.1) is 24.2 Å². The fourth-order valence-corrected chi connectivity index (χ4v) is 3.14. The van der Waals surface area contributed by atoms with E-state index in [1.807, 2.05) is 18.2 Å². The number of carbonyl (C=O) groups is 1. The first-order valence-electron chi connectivity index (χ1n) is 8.42. The van der Waals surface area contributed by atoms with Crippen molar-refractivity contribution in [3.63, 3.8) is 0 Å². The number of halogens is 1. The molecule has 0 saturated heterocycles. The molecule has 25 heavy (non-hydrogen) atoms. The van der Waals surface area contributed by atoms with Crippen LogP contribution < -0.4 is 9.64 Å². The van der Waals surface area contributed by atoms with Gasteiger partial charge in [-0.3, -0.25) is 4.79 Å². The molecule has 0 saturated carbocycles. The molecule has 0 radical (unpaired) electrons. The first-order valence-corrected chi connectivity index (χ1v) is 8.80. The minimum Gasteiger partial charge on any atom is -0.507 e. The average molecular weight is 359 g/mol. The zero-order valence-electron chi connectivity index (χ0n) is 14.3. The molecule has 0 bridgehead atoms. The van der Waals surface area contributed by atoms with Crippen molar-refractivity contribution in [3.8, 4) is 11.5 Å². The Bertz CT molecular complexity index is 841. The zero-order valence-corrected chi connectivity index (χ0v) is 15.1. The van der Waals surface area contributed by atoms with Gasteiger partial charge < -0.3 is 14.7 Å². The van der Waals surface area contributed by atoms with Crippen LogP contribution in [0.5, 0.6) is 11.5 Å². The van der Waals surface area contributed by atoms with Gasteiger partial charge in [-0.15, -0.1) is 0 Å². The van der Waals surface area contributed by atoms with Crippen LogP contribution in [0.2, 0.25) is 5.02 Å². The molecule has 1 heterocycles. The number of ketones is 1. The van der Waals surface area contributed by atoms with Gasteiger partial charge in [-0.25, -0.2) is 0 Å². The molecule has 2 N–H and O–H groups in total. The number of hydrogen-bond donors (Lipinski definition) is 2. The molecule has 130 valence electrons. The maximum Gasteiger partial charge on any atom is 0.231 e. The maximum atomic E-state index is 12.7. The fraction of sp³-hybridized carbons (Fsp3) is 0.250. The van der Waals surface area contributed by atoms with Crippen LogP contribution in [0, 0.1) is 0 Å². The minimum absolute atomic E-state index is 0.157. The largest absolute Gasteiger partial charge is 0.507 e. The molecule has 0 spiro atoms. The number of carbonyl (C=O) groups excluding carboxylic acids is 1. The van der Waals surface area contributed by atoms with E-state index in [0.717, 1.165) is 18.7 Å². The van der Waals surface area contributed by atoms with Crippen LogP contribution in [0.25, 0.3) is 6.08 Å². The number of Topliss-reactive ketones (excluding diaryl/α,β-unsaturated/α-hetero) is 1. The molecular formula is C20H21ClNO3+. The van der Waals surface area contributed by atoms with E-state index >= 15 is 0 Å². The Hall–Kier alpha value is -2.30. The van der Waals surface area contributed by atoms with E-state index in [2.05, 4.69) is 13.8 Å². The second-order valence-electron chi connectivity index (χ2n) is 6.04. The van der Waals surface area contributed by atoms with Gasteiger partial charge in [0.15, 0.2) is 11.5 Å². The quantitative estimate of drug-likeness (QED) is 0.807. The molecule has 0 unspecified atom stereocenters. The monoisotopic (exact) mass is 358 g/mol. The van der Waals surface area contributed by atoms with E-state index in [4.69, 9.17) is 16.3 Å². The summed E-state index contributed by atoms with van der Waals surface area (Å²) in [5.41, 5.74) is 1.88. The van der Waals surface area contributed by atoms with Crippen LogP contribution in [-0.4, -0.2) is 24.0 Å². The highest BCUT2D eigenvalue weighted by atomic mass is 35.5. The highest BCUT2D eigenvalue weighted by molar-refractivity contribution is 6.32. The Morgan fingerprint density at radius 2 is 1.88 bits per heavy atom. The third-order valence-corrected chi connectivity index (χ3v) is 4.88. The van der Waals surface area contributed by atoms with E-state index in [9.17, 15) is 9.90 Å². The number of nitrogens with one attached hydrogen (secondary N) is 1. The van der Waals surface area contributed by atoms with Gasteiger partial charge in [0.2, 0.25) is 5.78 Å². The second kappa shape index (κ2) is 7.30. The summed E-state index contributed by atoms with van der Waals surface area (Å²) in [4.78, 5) is 14.0. The molecule has 0 fully saturated rings. The Balaban J connectivity index is 2.00. The number of phenolic OH excluding ortho intramolecular Hbond substituents is 1. The molecule has 3 rings (SSSR count). The lowest BCUT2D eigenvalue weighted by Crippen LogP contribution is -3.10. The summed E-state index contributed by atoms with van der Waals surface area (Å²) < 4.78 is 5.86. The number of fused-ring (bicyclic) bond motifs is 1. The van der Waals surface area contributed by atoms with Gasteiger partial charge in [-0.05, 0) is 43.7 Å². The molecule has 0 atom stereocenters. The number of allylic oxidation sites excluding steroid dienone is 1. The van der Waals surface area contributed by atoms with E-state index in [1.54, 1.807) is 24.3 Å². The normalized spacial score (nSPS) is 14.9. The number of quaternary nitrogens is 1. The van der Waals surface area contributed by atoms with Crippen molar-refractivity contribution in [2.75, 3.05) is 13.1 Å². The van der Waals surface area contributed by atoms with E-state index in [0.29, 0.717) is 28.4 Å². The van der Waals surface area contributed by atoms with Gasteiger partial charge >= 0.3 is 0 Å². The molecule has 2 aromatic carbocycles. The van der Waals surface area contributed by atoms with Crippen molar-refractivity contribution >= 4 is 23.5 Å². The summed E-state index contributed by atoms with van der Waals surface area (Å²) in [5, 5.41) is 10.8. The summed E-state index contributed by atoms with van der Waals surface area (Å²) in [6, 6.07) is 10.5. The Kier molecular flexibility index (Phi) is 5.11. The van der Waals surface area contributed by atoms with Crippen molar-refractivity contribution in [2.24, 2.45) is 0 Å². The minimum atomic E-state index is -0.189. The molecule has 4 nitrogen and oxygen atoms in total. The summed E-state index contributed by atoms with van der Waals surface area (Å²) in [5.74, 6) is 0.655. The molecule has 2 aromatic rings. The summed E-state index contributed by atoms with van der Waals surface area (Å²) in [6.07, 6.45) is 1.65. The van der Waals surface area contributed by atoms with Crippen LogP contribution in [-0.2, 0) is 6.54 Å². The number of benzene rings is 2. The standard InChI is InChI=1S/C20H20ClNO3/c1-3-22(4-2)12-15-17(23)10-9-14-19(24)18(25-20(14)15)11-13-7-5-6-8-16(13)21/h5-11,23H,3-4,12H2,1-2H3/p+1. The van der Waals surface area contributed by atoms with E-state index in [1.165, 1.54) is 4.90 Å². The van der Waals surface area contributed by atoms with E-state index < -0.39 is 0 Å². The average Bonchev–Trinajstić information content (AvgIpc) is 2.92. The number of phenols is 1. The topological polar surface area (TPSA) is 51.0 Å². The highest BCUT2D eigenvalue weighted by Crippen LogP contribution is 2.39. The van der Waals surface area contributed by atoms with Crippen LogP contribution in [0.3, 0.4) is 0 Å². The smallest absolute Gasteiger partial charge is 0.231 e. The predicted octanol–water partition coefficient (Wildman–Crippen LogP) is 3.09. The zero-order chi connectivity index (χ0) is 18.0. The maximum absolute atomic E-state index is 12.7.